The Hall–Kier alpha value is -2.22. The highest BCUT2D eigenvalue weighted by atomic mass is 16.4. The summed E-state index contributed by atoms with van der Waals surface area (Å²) >= 11 is 0. The number of aromatic nitrogens is 1. The molecule has 88 valence electrons. The van der Waals surface area contributed by atoms with Gasteiger partial charge in [-0.15, -0.1) is 0 Å². The van der Waals surface area contributed by atoms with Gasteiger partial charge in [0.2, 0.25) is 0 Å². The van der Waals surface area contributed by atoms with Crippen LogP contribution in [-0.2, 0) is 0 Å². The molecule has 0 fully saturated rings. The van der Waals surface area contributed by atoms with Crippen LogP contribution in [0.15, 0.2) is 27.4 Å². The van der Waals surface area contributed by atoms with Crippen LogP contribution < -0.4 is 11.1 Å². The summed E-state index contributed by atoms with van der Waals surface area (Å²) in [5.74, 6) is -0.463. The molecule has 5 heteroatoms. The second-order valence-electron chi connectivity index (χ2n) is 4.57. The van der Waals surface area contributed by atoms with E-state index in [1.807, 2.05) is 19.9 Å². The number of aromatic amines is 1. The molecule has 0 saturated carbocycles. The van der Waals surface area contributed by atoms with Crippen molar-refractivity contribution in [1.82, 2.24) is 4.98 Å². The van der Waals surface area contributed by atoms with E-state index >= 15 is 0 Å². The van der Waals surface area contributed by atoms with E-state index in [1.54, 1.807) is 12.1 Å². The molecular weight excluding hydrogens is 218 g/mol. The van der Waals surface area contributed by atoms with Crippen LogP contribution in [0.4, 0.5) is 5.69 Å². The fourth-order valence-electron chi connectivity index (χ4n) is 1.42. The van der Waals surface area contributed by atoms with Crippen molar-refractivity contribution in [3.63, 3.8) is 0 Å². The number of hydrogen-bond acceptors (Lipinski definition) is 4. The quantitative estimate of drug-likeness (QED) is 0.847. The summed E-state index contributed by atoms with van der Waals surface area (Å²) in [5.41, 5.74) is 1.56. The van der Waals surface area contributed by atoms with Gasteiger partial charge < -0.3 is 9.73 Å². The summed E-state index contributed by atoms with van der Waals surface area (Å²) in [6.45, 7) is 4.24. The number of nitriles is 1. The molecule has 2 aromatic rings. The van der Waals surface area contributed by atoms with Crippen LogP contribution in [0.1, 0.15) is 13.8 Å². The number of benzene rings is 1. The van der Waals surface area contributed by atoms with Crippen molar-refractivity contribution in [3.05, 3.63) is 28.7 Å². The third kappa shape index (κ3) is 2.48. The minimum Gasteiger partial charge on any atom is -0.408 e. The smallest absolute Gasteiger partial charge is 0.408 e. The Balaban J connectivity index is 2.20. The van der Waals surface area contributed by atoms with Crippen LogP contribution in [-0.4, -0.2) is 11.5 Å². The summed E-state index contributed by atoms with van der Waals surface area (Å²) in [7, 11) is 0. The Labute approximate surface area is 98.1 Å². The molecule has 0 aliphatic carbocycles. The van der Waals surface area contributed by atoms with Crippen molar-refractivity contribution in [1.29, 1.82) is 5.26 Å². The van der Waals surface area contributed by atoms with Crippen LogP contribution in [0.3, 0.4) is 0 Å². The zero-order chi connectivity index (χ0) is 12.5. The normalized spacial score (nSPS) is 11.4. The molecule has 0 aliphatic rings. The van der Waals surface area contributed by atoms with E-state index in [0.717, 1.165) is 5.69 Å². The average molecular weight is 231 g/mol. The predicted octanol–water partition coefficient (Wildman–Crippen LogP) is 2.08. The Kier molecular flexibility index (Phi) is 2.64. The first-order chi connectivity index (χ1) is 8.00. The van der Waals surface area contributed by atoms with Gasteiger partial charge in [0.1, 0.15) is 0 Å². The second-order valence-corrected chi connectivity index (χ2v) is 4.57. The molecule has 1 aromatic carbocycles. The Morgan fingerprint density at radius 1 is 1.53 bits per heavy atom. The van der Waals surface area contributed by atoms with Crippen molar-refractivity contribution in [3.8, 4) is 6.07 Å². The lowest BCUT2D eigenvalue weighted by atomic mass is 9.96. The topological polar surface area (TPSA) is 81.8 Å². The number of nitrogens with zero attached hydrogens (tertiary/aromatic N) is 1. The predicted molar refractivity (Wildman–Crippen MR) is 64.7 cm³/mol. The minimum absolute atomic E-state index is 0.437. The van der Waals surface area contributed by atoms with Crippen molar-refractivity contribution in [2.75, 3.05) is 11.9 Å². The van der Waals surface area contributed by atoms with Crippen molar-refractivity contribution >= 4 is 16.8 Å². The number of anilines is 1. The molecule has 2 rings (SSSR count). The van der Waals surface area contributed by atoms with Crippen LogP contribution >= 0.6 is 0 Å². The summed E-state index contributed by atoms with van der Waals surface area (Å²) in [6.07, 6.45) is 0. The number of nitrogens with one attached hydrogen (secondary N) is 2. The molecule has 0 unspecified atom stereocenters. The maximum atomic E-state index is 11.0. The molecule has 1 heterocycles. The lowest BCUT2D eigenvalue weighted by Gasteiger charge is -2.16. The van der Waals surface area contributed by atoms with Gasteiger partial charge >= 0.3 is 5.76 Å². The molecule has 0 amide bonds. The van der Waals surface area contributed by atoms with E-state index in [2.05, 4.69) is 16.4 Å². The summed E-state index contributed by atoms with van der Waals surface area (Å²) in [4.78, 5) is 13.5. The van der Waals surface area contributed by atoms with Crippen LogP contribution in [0, 0.1) is 16.7 Å². The van der Waals surface area contributed by atoms with E-state index < -0.39 is 11.2 Å². The molecule has 0 radical (unpaired) electrons. The highest BCUT2D eigenvalue weighted by molar-refractivity contribution is 5.76. The third-order valence-electron chi connectivity index (χ3n) is 2.46. The van der Waals surface area contributed by atoms with Crippen molar-refractivity contribution < 1.29 is 4.42 Å². The van der Waals surface area contributed by atoms with Gasteiger partial charge in [0.25, 0.3) is 0 Å². The van der Waals surface area contributed by atoms with Gasteiger partial charge in [-0.3, -0.25) is 4.98 Å². The maximum absolute atomic E-state index is 11.0. The largest absolute Gasteiger partial charge is 0.417 e. The standard InChI is InChI=1S/C12H13N3O2/c1-12(2,6-13)7-14-8-3-4-9-10(5-8)17-11(16)15-9/h3-5,14H,7H2,1-2H3,(H,15,16). The van der Waals surface area contributed by atoms with Crippen LogP contribution in [0.5, 0.6) is 0 Å². The first-order valence-corrected chi connectivity index (χ1v) is 5.28. The zero-order valence-electron chi connectivity index (χ0n) is 9.70. The molecule has 0 saturated heterocycles. The molecule has 0 atom stereocenters. The van der Waals surface area contributed by atoms with E-state index in [4.69, 9.17) is 9.68 Å². The SMILES string of the molecule is CC(C)(C#N)CNc1ccc2[nH]c(=O)oc2c1. The van der Waals surface area contributed by atoms with E-state index in [0.29, 0.717) is 17.6 Å². The van der Waals surface area contributed by atoms with Gasteiger partial charge in [0, 0.05) is 18.3 Å². The minimum atomic E-state index is -0.463. The Bertz CT molecular complexity index is 631. The number of H-pyrrole nitrogens is 1. The van der Waals surface area contributed by atoms with E-state index in [9.17, 15) is 4.79 Å². The summed E-state index contributed by atoms with van der Waals surface area (Å²) in [5, 5.41) is 12.0. The highest BCUT2D eigenvalue weighted by Crippen LogP contribution is 2.19. The lowest BCUT2D eigenvalue weighted by Crippen LogP contribution is -2.20. The van der Waals surface area contributed by atoms with Gasteiger partial charge in [0.05, 0.1) is 17.0 Å². The van der Waals surface area contributed by atoms with Crippen molar-refractivity contribution in [2.45, 2.75) is 13.8 Å². The first kappa shape index (κ1) is 11.3. The highest BCUT2D eigenvalue weighted by Gasteiger charge is 2.16. The maximum Gasteiger partial charge on any atom is 0.417 e. The van der Waals surface area contributed by atoms with Gasteiger partial charge in [-0.25, -0.2) is 4.79 Å². The van der Waals surface area contributed by atoms with E-state index in [-0.39, 0.29) is 0 Å². The molecule has 5 nitrogen and oxygen atoms in total. The van der Waals surface area contributed by atoms with Gasteiger partial charge in [-0.1, -0.05) is 0 Å². The average Bonchev–Trinajstić information content (AvgIpc) is 2.66. The second kappa shape index (κ2) is 3.98. The number of rotatable bonds is 3. The van der Waals surface area contributed by atoms with Crippen LogP contribution in [0.2, 0.25) is 0 Å². The molecule has 2 N–H and O–H groups in total. The summed E-state index contributed by atoms with van der Waals surface area (Å²) in [6, 6.07) is 7.55. The van der Waals surface area contributed by atoms with Gasteiger partial charge in [0.15, 0.2) is 5.58 Å². The molecule has 1 aromatic heterocycles. The monoisotopic (exact) mass is 231 g/mol. The van der Waals surface area contributed by atoms with Crippen LogP contribution in [0.25, 0.3) is 11.1 Å². The number of oxazole rings is 1. The lowest BCUT2D eigenvalue weighted by molar-refractivity contribution is 0.528. The molecule has 0 spiro atoms. The molecular formula is C12H13N3O2. The number of fused-ring (bicyclic) bond motifs is 1. The Morgan fingerprint density at radius 2 is 2.29 bits per heavy atom. The van der Waals surface area contributed by atoms with Gasteiger partial charge in [-0.2, -0.15) is 5.26 Å². The molecule has 0 aliphatic heterocycles. The zero-order valence-corrected chi connectivity index (χ0v) is 9.70. The molecule has 17 heavy (non-hydrogen) atoms. The molecule has 0 bridgehead atoms. The first-order valence-electron chi connectivity index (χ1n) is 5.28. The van der Waals surface area contributed by atoms with Crippen molar-refractivity contribution in [2.24, 2.45) is 5.41 Å². The third-order valence-corrected chi connectivity index (χ3v) is 2.46. The summed E-state index contributed by atoms with van der Waals surface area (Å²) < 4.78 is 4.95. The van der Waals surface area contributed by atoms with Gasteiger partial charge in [-0.05, 0) is 26.0 Å². The fourth-order valence-corrected chi connectivity index (χ4v) is 1.42. The Morgan fingerprint density at radius 3 is 3.00 bits per heavy atom. The fraction of sp³-hybridized carbons (Fsp3) is 0.333. The number of hydrogen-bond donors (Lipinski definition) is 2. The van der Waals surface area contributed by atoms with E-state index in [1.165, 1.54) is 0 Å².